The first kappa shape index (κ1) is 10.4. The summed E-state index contributed by atoms with van der Waals surface area (Å²) in [5.41, 5.74) is 1.55. The summed E-state index contributed by atoms with van der Waals surface area (Å²) in [7, 11) is 1.81. The first-order chi connectivity index (χ1) is 4.98. The minimum Gasteiger partial charge on any atom is -0.301 e. The van der Waals surface area contributed by atoms with Gasteiger partial charge in [-0.3, -0.25) is 0 Å². The Bertz CT molecular complexity index is 149. The molecule has 1 heteroatoms. The van der Waals surface area contributed by atoms with Gasteiger partial charge in [-0.2, -0.15) is 0 Å². The molecule has 0 aromatic carbocycles. The van der Waals surface area contributed by atoms with Gasteiger partial charge in [0.25, 0.3) is 0 Å². The fourth-order valence-corrected chi connectivity index (χ4v) is 0.743. The number of hydrogen-bond acceptors (Lipinski definition) is 1. The zero-order chi connectivity index (χ0) is 8.91. The molecule has 11 heavy (non-hydrogen) atoms. The Hall–Kier alpha value is -0.590. The van der Waals surface area contributed by atoms with Gasteiger partial charge in [-0.05, 0) is 24.5 Å². The summed E-state index contributed by atoms with van der Waals surface area (Å²) in [6.45, 7) is 10.6. The third-order valence-electron chi connectivity index (χ3n) is 1.82. The van der Waals surface area contributed by atoms with Gasteiger partial charge in [-0.25, -0.2) is 0 Å². The molecule has 1 nitrogen and oxygen atoms in total. The van der Waals surface area contributed by atoms with Crippen LogP contribution in [0.1, 0.15) is 33.6 Å². The van der Waals surface area contributed by atoms with Crippen LogP contribution in [0.5, 0.6) is 0 Å². The molecule has 0 aliphatic heterocycles. The fourth-order valence-electron chi connectivity index (χ4n) is 0.743. The van der Waals surface area contributed by atoms with E-state index in [1.807, 2.05) is 6.21 Å². The second kappa shape index (κ2) is 4.32. The zero-order valence-corrected chi connectivity index (χ0v) is 8.15. The van der Waals surface area contributed by atoms with E-state index in [9.17, 15) is 0 Å². The number of rotatable bonds is 3. The summed E-state index contributed by atoms with van der Waals surface area (Å²) in [5, 5.41) is 0. The van der Waals surface area contributed by atoms with Gasteiger partial charge in [0.2, 0.25) is 0 Å². The van der Waals surface area contributed by atoms with Crippen LogP contribution in [0.3, 0.4) is 0 Å². The van der Waals surface area contributed by atoms with Crippen molar-refractivity contribution in [1.82, 2.24) is 0 Å². The van der Waals surface area contributed by atoms with Crippen LogP contribution in [0.2, 0.25) is 0 Å². The van der Waals surface area contributed by atoms with Crippen LogP contribution in [0, 0.1) is 5.41 Å². The maximum atomic E-state index is 4.04. The van der Waals surface area contributed by atoms with Gasteiger partial charge < -0.3 is 4.99 Å². The Morgan fingerprint density at radius 1 is 1.45 bits per heavy atom. The molecule has 0 spiro atoms. The molecule has 0 saturated heterocycles. The van der Waals surface area contributed by atoms with Gasteiger partial charge >= 0.3 is 0 Å². The predicted octanol–water partition coefficient (Wildman–Crippen LogP) is 3.07. The van der Waals surface area contributed by atoms with Gasteiger partial charge in [-0.1, -0.05) is 32.9 Å². The molecule has 0 heterocycles. The van der Waals surface area contributed by atoms with E-state index in [1.54, 1.807) is 7.05 Å². The summed E-state index contributed by atoms with van der Waals surface area (Å²) < 4.78 is 0. The Labute approximate surface area is 70.2 Å². The van der Waals surface area contributed by atoms with Crippen LogP contribution in [0.15, 0.2) is 17.1 Å². The molecular formula is C10H19N. The molecule has 0 amide bonds. The van der Waals surface area contributed by atoms with Gasteiger partial charge in [0.05, 0.1) is 0 Å². The molecule has 0 atom stereocenters. The van der Waals surface area contributed by atoms with Crippen LogP contribution < -0.4 is 0 Å². The second-order valence-electron chi connectivity index (χ2n) is 3.83. The number of hydrogen-bond donors (Lipinski definition) is 0. The van der Waals surface area contributed by atoms with Crippen LogP contribution in [-0.4, -0.2) is 13.3 Å². The lowest BCUT2D eigenvalue weighted by molar-refractivity contribution is 0.487. The third-order valence-corrected chi connectivity index (χ3v) is 1.82. The molecule has 0 aliphatic carbocycles. The molecule has 0 aliphatic rings. The standard InChI is InChI=1S/C10H19N/c1-9(10(2,3)4)7-6-8-11-5/h8H,1,6-7H2,2-5H3. The highest BCUT2D eigenvalue weighted by Crippen LogP contribution is 2.26. The Balaban J connectivity index is 3.71. The van der Waals surface area contributed by atoms with Gasteiger partial charge in [0, 0.05) is 7.05 Å². The molecule has 0 aromatic rings. The molecule has 64 valence electrons. The minimum absolute atomic E-state index is 0.252. The minimum atomic E-state index is 0.252. The molecule has 0 unspecified atom stereocenters. The SMILES string of the molecule is C=C(CCC=NC)C(C)(C)C. The van der Waals surface area contributed by atoms with Gasteiger partial charge in [0.15, 0.2) is 0 Å². The maximum absolute atomic E-state index is 4.04. The van der Waals surface area contributed by atoms with Crippen molar-refractivity contribution in [3.05, 3.63) is 12.2 Å². The van der Waals surface area contributed by atoms with Crippen LogP contribution in [0.4, 0.5) is 0 Å². The molecule has 0 N–H and O–H groups in total. The first-order valence-corrected chi connectivity index (χ1v) is 4.07. The molecule has 0 fully saturated rings. The lowest BCUT2D eigenvalue weighted by Gasteiger charge is -2.20. The van der Waals surface area contributed by atoms with Crippen molar-refractivity contribution in [1.29, 1.82) is 0 Å². The van der Waals surface area contributed by atoms with Crippen LogP contribution in [0.25, 0.3) is 0 Å². The van der Waals surface area contributed by atoms with Crippen LogP contribution >= 0.6 is 0 Å². The van der Waals surface area contributed by atoms with E-state index in [4.69, 9.17) is 0 Å². The van der Waals surface area contributed by atoms with E-state index in [2.05, 4.69) is 32.3 Å². The highest BCUT2D eigenvalue weighted by molar-refractivity contribution is 5.57. The van der Waals surface area contributed by atoms with Crippen molar-refractivity contribution in [3.63, 3.8) is 0 Å². The highest BCUT2D eigenvalue weighted by atomic mass is 14.6. The second-order valence-corrected chi connectivity index (χ2v) is 3.83. The zero-order valence-electron chi connectivity index (χ0n) is 8.15. The molecule has 0 saturated carbocycles. The summed E-state index contributed by atoms with van der Waals surface area (Å²) >= 11 is 0. The monoisotopic (exact) mass is 153 g/mol. The number of nitrogens with zero attached hydrogens (tertiary/aromatic N) is 1. The van der Waals surface area contributed by atoms with Crippen molar-refractivity contribution in [2.24, 2.45) is 10.4 Å². The van der Waals surface area contributed by atoms with E-state index in [-0.39, 0.29) is 5.41 Å². The summed E-state index contributed by atoms with van der Waals surface area (Å²) in [4.78, 5) is 3.92. The average Bonchev–Trinajstić information content (AvgIpc) is 1.86. The Morgan fingerprint density at radius 3 is 2.36 bits per heavy atom. The quantitative estimate of drug-likeness (QED) is 0.436. The molecule has 0 aromatic heterocycles. The predicted molar refractivity (Wildman–Crippen MR) is 52.2 cm³/mol. The van der Waals surface area contributed by atoms with Crippen molar-refractivity contribution in [2.75, 3.05) is 7.05 Å². The molecular weight excluding hydrogens is 134 g/mol. The van der Waals surface area contributed by atoms with Crippen molar-refractivity contribution >= 4 is 6.21 Å². The van der Waals surface area contributed by atoms with E-state index < -0.39 is 0 Å². The largest absolute Gasteiger partial charge is 0.301 e. The third kappa shape index (κ3) is 4.77. The summed E-state index contributed by atoms with van der Waals surface area (Å²) in [5.74, 6) is 0. The molecule has 0 radical (unpaired) electrons. The molecule has 0 bridgehead atoms. The van der Waals surface area contributed by atoms with Crippen molar-refractivity contribution in [2.45, 2.75) is 33.6 Å². The Morgan fingerprint density at radius 2 is 2.00 bits per heavy atom. The average molecular weight is 153 g/mol. The maximum Gasteiger partial charge on any atom is 0.0273 e. The van der Waals surface area contributed by atoms with Gasteiger partial charge in [0.1, 0.15) is 0 Å². The van der Waals surface area contributed by atoms with E-state index >= 15 is 0 Å². The normalized spacial score (nSPS) is 12.4. The summed E-state index contributed by atoms with van der Waals surface area (Å²) in [6, 6.07) is 0. The number of aliphatic imine (C=N–C) groups is 1. The Kier molecular flexibility index (Phi) is 4.09. The van der Waals surface area contributed by atoms with Crippen molar-refractivity contribution in [3.8, 4) is 0 Å². The first-order valence-electron chi connectivity index (χ1n) is 4.07. The smallest absolute Gasteiger partial charge is 0.0273 e. The topological polar surface area (TPSA) is 12.4 Å². The lowest BCUT2D eigenvalue weighted by atomic mass is 9.85. The van der Waals surface area contributed by atoms with E-state index in [1.165, 1.54) is 5.57 Å². The van der Waals surface area contributed by atoms with E-state index in [0.717, 1.165) is 12.8 Å². The van der Waals surface area contributed by atoms with E-state index in [0.29, 0.717) is 0 Å². The highest BCUT2D eigenvalue weighted by Gasteiger charge is 2.13. The van der Waals surface area contributed by atoms with Crippen LogP contribution in [-0.2, 0) is 0 Å². The molecule has 0 rings (SSSR count). The fraction of sp³-hybridized carbons (Fsp3) is 0.700. The van der Waals surface area contributed by atoms with Gasteiger partial charge in [-0.15, -0.1) is 0 Å². The number of allylic oxidation sites excluding steroid dienone is 1. The lowest BCUT2D eigenvalue weighted by Crippen LogP contribution is -2.08. The van der Waals surface area contributed by atoms with Crippen molar-refractivity contribution < 1.29 is 0 Å². The summed E-state index contributed by atoms with van der Waals surface area (Å²) in [6.07, 6.45) is 4.02.